The molecular formula is C14H20N2O. The zero-order valence-electron chi connectivity index (χ0n) is 10.4. The van der Waals surface area contributed by atoms with E-state index < -0.39 is 0 Å². The number of hydrogen-bond acceptors (Lipinski definition) is 3. The molecule has 1 aromatic rings. The van der Waals surface area contributed by atoms with Gasteiger partial charge in [0.05, 0.1) is 6.07 Å². The van der Waals surface area contributed by atoms with Gasteiger partial charge in [0, 0.05) is 24.9 Å². The molecule has 1 N–H and O–H groups in total. The minimum absolute atomic E-state index is 0.292. The van der Waals surface area contributed by atoms with Gasteiger partial charge < -0.3 is 9.73 Å². The van der Waals surface area contributed by atoms with E-state index in [2.05, 4.69) is 11.4 Å². The van der Waals surface area contributed by atoms with E-state index >= 15 is 0 Å². The fourth-order valence-corrected chi connectivity index (χ4v) is 2.45. The number of nitrogens with one attached hydrogen (secondary N) is 1. The molecular weight excluding hydrogens is 212 g/mol. The monoisotopic (exact) mass is 232 g/mol. The lowest BCUT2D eigenvalue weighted by atomic mass is 9.87. The average Bonchev–Trinajstić information content (AvgIpc) is 2.76. The minimum Gasteiger partial charge on any atom is -0.466 e. The van der Waals surface area contributed by atoms with Gasteiger partial charge in [0.25, 0.3) is 0 Å². The predicted octanol–water partition coefficient (Wildman–Crippen LogP) is 2.80. The molecule has 0 unspecified atom stereocenters. The highest BCUT2D eigenvalue weighted by Crippen LogP contribution is 2.23. The number of aryl methyl sites for hydroxylation is 1. The lowest BCUT2D eigenvalue weighted by Crippen LogP contribution is -2.34. The van der Waals surface area contributed by atoms with Crippen molar-refractivity contribution < 1.29 is 4.42 Å². The van der Waals surface area contributed by atoms with Crippen LogP contribution in [0.3, 0.4) is 0 Å². The topological polar surface area (TPSA) is 49.0 Å². The summed E-state index contributed by atoms with van der Waals surface area (Å²) in [4.78, 5) is 0. The lowest BCUT2D eigenvalue weighted by Gasteiger charge is -2.25. The summed E-state index contributed by atoms with van der Waals surface area (Å²) in [5, 5.41) is 12.4. The van der Waals surface area contributed by atoms with Crippen LogP contribution >= 0.6 is 0 Å². The third-order valence-corrected chi connectivity index (χ3v) is 3.51. The Bertz CT molecular complexity index is 383. The summed E-state index contributed by atoms with van der Waals surface area (Å²) in [6.45, 7) is 2.94. The van der Waals surface area contributed by atoms with Gasteiger partial charge in [0.2, 0.25) is 0 Å². The molecule has 1 saturated carbocycles. The van der Waals surface area contributed by atoms with Crippen molar-refractivity contribution in [1.82, 2.24) is 5.32 Å². The lowest BCUT2D eigenvalue weighted by molar-refractivity contribution is 0.331. The summed E-state index contributed by atoms with van der Waals surface area (Å²) in [6.07, 6.45) is 5.32. The fourth-order valence-electron chi connectivity index (χ4n) is 2.45. The van der Waals surface area contributed by atoms with E-state index in [-0.39, 0.29) is 0 Å². The van der Waals surface area contributed by atoms with E-state index in [4.69, 9.17) is 9.68 Å². The first-order chi connectivity index (χ1) is 8.28. The second-order valence-electron chi connectivity index (χ2n) is 4.89. The van der Waals surface area contributed by atoms with Crippen LogP contribution in [-0.4, -0.2) is 12.6 Å². The second kappa shape index (κ2) is 5.88. The van der Waals surface area contributed by atoms with Crippen molar-refractivity contribution >= 4 is 0 Å². The standard InChI is InChI=1S/C14H20N2O/c1-11-2-7-14(17-11)8-9-16-13-5-3-12(10-15)4-6-13/h2,7,12-13,16H,3-6,8-9H2,1H3. The Morgan fingerprint density at radius 1 is 1.35 bits per heavy atom. The van der Waals surface area contributed by atoms with Crippen LogP contribution in [0.5, 0.6) is 0 Å². The highest BCUT2D eigenvalue weighted by molar-refractivity contribution is 5.05. The van der Waals surface area contributed by atoms with Gasteiger partial charge in [-0.15, -0.1) is 0 Å². The van der Waals surface area contributed by atoms with Gasteiger partial charge in [-0.1, -0.05) is 0 Å². The van der Waals surface area contributed by atoms with E-state index in [0.29, 0.717) is 12.0 Å². The number of rotatable bonds is 4. The van der Waals surface area contributed by atoms with Gasteiger partial charge in [0.15, 0.2) is 0 Å². The van der Waals surface area contributed by atoms with Crippen LogP contribution < -0.4 is 5.32 Å². The molecule has 0 aromatic carbocycles. The Morgan fingerprint density at radius 2 is 2.12 bits per heavy atom. The number of furan rings is 1. The average molecular weight is 232 g/mol. The molecule has 2 rings (SSSR count). The van der Waals surface area contributed by atoms with Crippen molar-refractivity contribution in [2.24, 2.45) is 5.92 Å². The van der Waals surface area contributed by atoms with Gasteiger partial charge in [-0.3, -0.25) is 0 Å². The van der Waals surface area contributed by atoms with Crippen molar-refractivity contribution in [1.29, 1.82) is 5.26 Å². The Morgan fingerprint density at radius 3 is 2.71 bits per heavy atom. The number of nitriles is 1. The predicted molar refractivity (Wildman–Crippen MR) is 66.5 cm³/mol. The van der Waals surface area contributed by atoms with Crippen LogP contribution in [0.15, 0.2) is 16.5 Å². The molecule has 1 aromatic heterocycles. The molecule has 0 aliphatic heterocycles. The highest BCUT2D eigenvalue weighted by atomic mass is 16.3. The summed E-state index contributed by atoms with van der Waals surface area (Å²) in [7, 11) is 0. The normalized spacial score (nSPS) is 24.5. The Kier molecular flexibility index (Phi) is 4.22. The molecule has 1 heterocycles. The van der Waals surface area contributed by atoms with Gasteiger partial charge in [-0.25, -0.2) is 0 Å². The quantitative estimate of drug-likeness (QED) is 0.868. The van der Waals surface area contributed by atoms with Gasteiger partial charge in [-0.05, 0) is 44.7 Å². The van der Waals surface area contributed by atoms with Crippen molar-refractivity contribution in [3.63, 3.8) is 0 Å². The first-order valence-corrected chi connectivity index (χ1v) is 6.46. The van der Waals surface area contributed by atoms with Crippen molar-refractivity contribution in [2.45, 2.75) is 45.1 Å². The number of hydrogen-bond donors (Lipinski definition) is 1. The molecule has 0 saturated heterocycles. The van der Waals surface area contributed by atoms with Crippen molar-refractivity contribution in [2.75, 3.05) is 6.54 Å². The largest absolute Gasteiger partial charge is 0.466 e. The van der Waals surface area contributed by atoms with Crippen molar-refractivity contribution in [3.8, 4) is 6.07 Å². The summed E-state index contributed by atoms with van der Waals surface area (Å²) in [5.41, 5.74) is 0. The van der Waals surface area contributed by atoms with E-state index in [1.807, 2.05) is 19.1 Å². The highest BCUT2D eigenvalue weighted by Gasteiger charge is 2.19. The van der Waals surface area contributed by atoms with Crippen LogP contribution in [0.2, 0.25) is 0 Å². The zero-order chi connectivity index (χ0) is 12.1. The van der Waals surface area contributed by atoms with E-state index in [1.165, 1.54) is 0 Å². The summed E-state index contributed by atoms with van der Waals surface area (Å²) >= 11 is 0. The van der Waals surface area contributed by atoms with Gasteiger partial charge in [0.1, 0.15) is 11.5 Å². The van der Waals surface area contributed by atoms with Crippen LogP contribution in [-0.2, 0) is 6.42 Å². The number of nitrogens with zero attached hydrogens (tertiary/aromatic N) is 1. The summed E-state index contributed by atoms with van der Waals surface area (Å²) < 4.78 is 5.52. The molecule has 1 fully saturated rings. The molecule has 0 bridgehead atoms. The zero-order valence-corrected chi connectivity index (χ0v) is 10.4. The molecule has 0 atom stereocenters. The van der Waals surface area contributed by atoms with Gasteiger partial charge >= 0.3 is 0 Å². The SMILES string of the molecule is Cc1ccc(CCNC2CCC(C#N)CC2)o1. The minimum atomic E-state index is 0.292. The Balaban J connectivity index is 1.65. The first kappa shape index (κ1) is 12.2. The summed E-state index contributed by atoms with van der Waals surface area (Å²) in [5.74, 6) is 2.33. The molecule has 92 valence electrons. The van der Waals surface area contributed by atoms with E-state index in [0.717, 1.165) is 50.2 Å². The molecule has 17 heavy (non-hydrogen) atoms. The molecule has 3 heteroatoms. The van der Waals surface area contributed by atoms with Crippen LogP contribution in [0, 0.1) is 24.2 Å². The van der Waals surface area contributed by atoms with E-state index in [9.17, 15) is 0 Å². The maximum Gasteiger partial charge on any atom is 0.105 e. The molecule has 1 aliphatic rings. The third kappa shape index (κ3) is 3.61. The fraction of sp³-hybridized carbons (Fsp3) is 0.643. The molecule has 3 nitrogen and oxygen atoms in total. The second-order valence-corrected chi connectivity index (χ2v) is 4.89. The van der Waals surface area contributed by atoms with Crippen LogP contribution in [0.25, 0.3) is 0 Å². The maximum atomic E-state index is 8.82. The third-order valence-electron chi connectivity index (χ3n) is 3.51. The Hall–Kier alpha value is -1.27. The first-order valence-electron chi connectivity index (χ1n) is 6.46. The van der Waals surface area contributed by atoms with Crippen LogP contribution in [0.1, 0.15) is 37.2 Å². The van der Waals surface area contributed by atoms with Gasteiger partial charge in [-0.2, -0.15) is 5.26 Å². The summed E-state index contributed by atoms with van der Waals surface area (Å²) in [6, 6.07) is 7.01. The maximum absolute atomic E-state index is 8.82. The molecule has 0 spiro atoms. The molecule has 0 radical (unpaired) electrons. The molecule has 0 amide bonds. The van der Waals surface area contributed by atoms with Crippen molar-refractivity contribution in [3.05, 3.63) is 23.7 Å². The molecule has 1 aliphatic carbocycles. The van der Waals surface area contributed by atoms with Crippen LogP contribution in [0.4, 0.5) is 0 Å². The Labute approximate surface area is 103 Å². The van der Waals surface area contributed by atoms with E-state index in [1.54, 1.807) is 0 Å². The smallest absolute Gasteiger partial charge is 0.105 e.